The standard InChI is InChI=1S/C53H34N2/c1-53(2)43-22-7-6-17-40(43)51-41(21-11-23-44(51)53)46-30-45(54-52(55-46)34-12-4-3-5-13-34)36-28-35-27-26-33-15-9-19-38-37-18-8-14-31-24-25-32-16-10-20-39(49(32)47(31)37)42(29-36)50(35)48(33)38/h3-30H,1-2H3. The highest BCUT2D eigenvalue weighted by Gasteiger charge is 2.36. The third kappa shape index (κ3) is 4.25. The Labute approximate surface area is 318 Å². The number of fused-ring (bicyclic) bond motifs is 5. The second-order valence-electron chi connectivity index (χ2n) is 15.7. The molecule has 0 N–H and O–H groups in total. The molecule has 0 spiro atoms. The lowest BCUT2D eigenvalue weighted by Gasteiger charge is -2.21. The van der Waals surface area contributed by atoms with Gasteiger partial charge in [0.25, 0.3) is 0 Å². The SMILES string of the molecule is CC1(C)c2ccccc2-c2c(-c3cc(-c4cc5ccc6cccc7c8cccc9ccc%10cccc(c(c4)c5c67)c%10c98)nc(-c4ccccc4)n3)cccc21. The fourth-order valence-electron chi connectivity index (χ4n) is 9.85. The molecule has 0 radical (unpaired) electrons. The van der Waals surface area contributed by atoms with Crippen molar-refractivity contribution >= 4 is 64.6 Å². The number of aromatic nitrogens is 2. The van der Waals surface area contributed by atoms with Crippen molar-refractivity contribution in [3.8, 4) is 45.0 Å². The van der Waals surface area contributed by atoms with Crippen LogP contribution < -0.4 is 0 Å². The first-order valence-corrected chi connectivity index (χ1v) is 19.2. The molecule has 256 valence electrons. The average Bonchev–Trinajstić information content (AvgIpc) is 3.48. The molecule has 1 aliphatic carbocycles. The van der Waals surface area contributed by atoms with Crippen LogP contribution in [0.3, 0.4) is 0 Å². The summed E-state index contributed by atoms with van der Waals surface area (Å²) >= 11 is 0. The summed E-state index contributed by atoms with van der Waals surface area (Å²) in [6, 6.07) is 62.4. The molecule has 0 saturated heterocycles. The maximum atomic E-state index is 5.38. The zero-order chi connectivity index (χ0) is 36.4. The quantitative estimate of drug-likeness (QED) is 0.172. The van der Waals surface area contributed by atoms with Gasteiger partial charge in [-0.2, -0.15) is 0 Å². The number of hydrogen-bond donors (Lipinski definition) is 0. The fourth-order valence-corrected chi connectivity index (χ4v) is 9.85. The molecule has 0 unspecified atom stereocenters. The van der Waals surface area contributed by atoms with Gasteiger partial charge in [0, 0.05) is 22.1 Å². The molecule has 0 saturated carbocycles. The van der Waals surface area contributed by atoms with Crippen molar-refractivity contribution in [2.45, 2.75) is 19.3 Å². The van der Waals surface area contributed by atoms with Gasteiger partial charge in [0.1, 0.15) is 0 Å². The molecular weight excluding hydrogens is 665 g/mol. The van der Waals surface area contributed by atoms with Gasteiger partial charge < -0.3 is 0 Å². The third-order valence-electron chi connectivity index (χ3n) is 12.4. The van der Waals surface area contributed by atoms with E-state index >= 15 is 0 Å². The lowest BCUT2D eigenvalue weighted by molar-refractivity contribution is 0.660. The van der Waals surface area contributed by atoms with Crippen molar-refractivity contribution in [3.63, 3.8) is 0 Å². The number of rotatable bonds is 3. The van der Waals surface area contributed by atoms with Gasteiger partial charge in [0.2, 0.25) is 0 Å². The summed E-state index contributed by atoms with van der Waals surface area (Å²) in [6.07, 6.45) is 0. The minimum atomic E-state index is -0.109. The van der Waals surface area contributed by atoms with Gasteiger partial charge in [-0.25, -0.2) is 9.97 Å². The van der Waals surface area contributed by atoms with Crippen molar-refractivity contribution in [1.82, 2.24) is 9.97 Å². The van der Waals surface area contributed by atoms with Gasteiger partial charge in [-0.3, -0.25) is 0 Å². The van der Waals surface area contributed by atoms with Crippen LogP contribution in [0.1, 0.15) is 25.0 Å². The van der Waals surface area contributed by atoms with Crippen LogP contribution in [0.25, 0.3) is 110 Å². The van der Waals surface area contributed by atoms with E-state index in [1.54, 1.807) is 0 Å². The first-order valence-electron chi connectivity index (χ1n) is 19.2. The summed E-state index contributed by atoms with van der Waals surface area (Å²) in [5.74, 6) is 0.723. The van der Waals surface area contributed by atoms with Crippen LogP contribution in [-0.4, -0.2) is 9.97 Å². The lowest BCUT2D eigenvalue weighted by atomic mass is 9.82. The first-order chi connectivity index (χ1) is 27.0. The minimum Gasteiger partial charge on any atom is -0.228 e. The summed E-state index contributed by atoms with van der Waals surface area (Å²) in [6.45, 7) is 4.67. The van der Waals surface area contributed by atoms with E-state index in [2.05, 4.69) is 184 Å². The van der Waals surface area contributed by atoms with Gasteiger partial charge in [0.05, 0.1) is 11.4 Å². The highest BCUT2D eigenvalue weighted by Crippen LogP contribution is 2.52. The monoisotopic (exact) mass is 698 g/mol. The molecule has 0 fully saturated rings. The van der Waals surface area contributed by atoms with Crippen molar-refractivity contribution in [3.05, 3.63) is 181 Å². The highest BCUT2D eigenvalue weighted by molar-refractivity contribution is 6.37. The molecule has 0 bridgehead atoms. The first kappa shape index (κ1) is 30.6. The van der Waals surface area contributed by atoms with E-state index in [1.807, 2.05) is 0 Å². The Kier molecular flexibility index (Phi) is 6.15. The second kappa shape index (κ2) is 11.1. The second-order valence-corrected chi connectivity index (χ2v) is 15.7. The molecule has 0 atom stereocenters. The zero-order valence-electron chi connectivity index (χ0n) is 30.6. The van der Waals surface area contributed by atoms with E-state index in [-0.39, 0.29) is 5.41 Å². The van der Waals surface area contributed by atoms with Gasteiger partial charge in [-0.15, -0.1) is 0 Å². The maximum Gasteiger partial charge on any atom is 0.160 e. The smallest absolute Gasteiger partial charge is 0.160 e. The molecule has 12 rings (SSSR count). The van der Waals surface area contributed by atoms with Crippen LogP contribution in [0.5, 0.6) is 0 Å². The Balaban J connectivity index is 1.21. The molecule has 55 heavy (non-hydrogen) atoms. The zero-order valence-corrected chi connectivity index (χ0v) is 30.6. The number of benzene rings is 9. The van der Waals surface area contributed by atoms with Gasteiger partial charge in [0.15, 0.2) is 5.82 Å². The fraction of sp³-hybridized carbons (Fsp3) is 0.0566. The summed E-state index contributed by atoms with van der Waals surface area (Å²) in [7, 11) is 0. The maximum absolute atomic E-state index is 5.38. The third-order valence-corrected chi connectivity index (χ3v) is 12.4. The predicted octanol–water partition coefficient (Wildman–Crippen LogP) is 14.1. The van der Waals surface area contributed by atoms with Crippen LogP contribution in [0.4, 0.5) is 0 Å². The normalized spacial score (nSPS) is 13.4. The van der Waals surface area contributed by atoms with Crippen LogP contribution in [0.2, 0.25) is 0 Å². The van der Waals surface area contributed by atoms with Crippen LogP contribution in [-0.2, 0) is 5.41 Å². The topological polar surface area (TPSA) is 25.8 Å². The lowest BCUT2D eigenvalue weighted by Crippen LogP contribution is -2.14. The summed E-state index contributed by atoms with van der Waals surface area (Å²) in [5.41, 5.74) is 10.2. The molecule has 1 heterocycles. The van der Waals surface area contributed by atoms with E-state index in [9.17, 15) is 0 Å². The number of hydrogen-bond acceptors (Lipinski definition) is 2. The predicted molar refractivity (Wildman–Crippen MR) is 232 cm³/mol. The Bertz CT molecular complexity index is 3390. The van der Waals surface area contributed by atoms with E-state index in [0.717, 1.165) is 33.9 Å². The van der Waals surface area contributed by atoms with Gasteiger partial charge in [-0.05, 0) is 105 Å². The molecule has 2 nitrogen and oxygen atoms in total. The molecule has 10 aromatic carbocycles. The molecule has 11 aromatic rings. The Hall–Kier alpha value is -6.90. The van der Waals surface area contributed by atoms with E-state index < -0.39 is 0 Å². The molecular formula is C53H34N2. The van der Waals surface area contributed by atoms with Crippen molar-refractivity contribution < 1.29 is 0 Å². The van der Waals surface area contributed by atoms with Crippen LogP contribution in [0.15, 0.2) is 170 Å². The number of nitrogens with zero attached hydrogens (tertiary/aromatic N) is 2. The highest BCUT2D eigenvalue weighted by atomic mass is 14.9. The van der Waals surface area contributed by atoms with Gasteiger partial charge in [-0.1, -0.05) is 166 Å². The van der Waals surface area contributed by atoms with E-state index in [1.165, 1.54) is 86.9 Å². The molecule has 2 heteroatoms. The van der Waals surface area contributed by atoms with E-state index in [0.29, 0.717) is 0 Å². The van der Waals surface area contributed by atoms with Crippen LogP contribution >= 0.6 is 0 Å². The Morgan fingerprint density at radius 3 is 1.58 bits per heavy atom. The van der Waals surface area contributed by atoms with E-state index in [4.69, 9.17) is 9.97 Å². The molecule has 0 amide bonds. The summed E-state index contributed by atoms with van der Waals surface area (Å²) in [4.78, 5) is 10.7. The molecule has 0 aliphatic heterocycles. The van der Waals surface area contributed by atoms with Crippen molar-refractivity contribution in [1.29, 1.82) is 0 Å². The Morgan fingerprint density at radius 1 is 0.364 bits per heavy atom. The summed E-state index contributed by atoms with van der Waals surface area (Å²) < 4.78 is 0. The van der Waals surface area contributed by atoms with Gasteiger partial charge >= 0.3 is 0 Å². The average molecular weight is 699 g/mol. The largest absolute Gasteiger partial charge is 0.228 e. The molecule has 1 aromatic heterocycles. The minimum absolute atomic E-state index is 0.109. The molecule has 1 aliphatic rings. The van der Waals surface area contributed by atoms with Crippen LogP contribution in [0, 0.1) is 0 Å². The van der Waals surface area contributed by atoms with Crippen molar-refractivity contribution in [2.24, 2.45) is 0 Å². The summed E-state index contributed by atoms with van der Waals surface area (Å²) in [5, 5.41) is 15.2. The van der Waals surface area contributed by atoms with Crippen molar-refractivity contribution in [2.75, 3.05) is 0 Å². The Morgan fingerprint density at radius 2 is 0.891 bits per heavy atom.